The van der Waals surface area contributed by atoms with Crippen molar-refractivity contribution >= 4 is 15.9 Å². The first-order valence-corrected chi connectivity index (χ1v) is 8.16. The van der Waals surface area contributed by atoms with Crippen molar-refractivity contribution in [1.82, 2.24) is 20.3 Å². The first-order valence-electron chi connectivity index (χ1n) is 7.37. The van der Waals surface area contributed by atoms with E-state index in [-0.39, 0.29) is 6.04 Å². The fraction of sp³-hybridized carbons (Fsp3) is 0.500. The van der Waals surface area contributed by atoms with Gasteiger partial charge in [-0.3, -0.25) is 0 Å². The number of aromatic nitrogens is 3. The molecule has 21 heavy (non-hydrogen) atoms. The Hall–Kier alpha value is -1.20. The van der Waals surface area contributed by atoms with Crippen LogP contribution in [0, 0.1) is 5.92 Å². The zero-order chi connectivity index (χ0) is 15.4. The number of hydrogen-bond donors (Lipinski definition) is 1. The number of nitrogens with zero attached hydrogens (tertiary/aromatic N) is 3. The second-order valence-corrected chi connectivity index (χ2v) is 6.23. The molecule has 2 rings (SSSR count). The molecule has 1 aromatic carbocycles. The lowest BCUT2D eigenvalue weighted by atomic mass is 9.79. The van der Waals surface area contributed by atoms with Crippen LogP contribution in [-0.2, 0) is 7.05 Å². The summed E-state index contributed by atoms with van der Waals surface area (Å²) < 4.78 is 2.66. The summed E-state index contributed by atoms with van der Waals surface area (Å²) in [7, 11) is 3.94. The highest BCUT2D eigenvalue weighted by Gasteiger charge is 2.31. The molecule has 5 heteroatoms. The highest BCUT2D eigenvalue weighted by Crippen LogP contribution is 2.39. The van der Waals surface area contributed by atoms with Crippen LogP contribution in [0.4, 0.5) is 0 Å². The molecule has 2 aromatic rings. The van der Waals surface area contributed by atoms with Gasteiger partial charge in [0.2, 0.25) is 0 Å². The highest BCUT2D eigenvalue weighted by atomic mass is 79.9. The number of benzene rings is 1. The zero-order valence-corrected chi connectivity index (χ0v) is 14.6. The molecular formula is C16H23BrN4. The van der Waals surface area contributed by atoms with Crippen molar-refractivity contribution in [2.75, 3.05) is 7.05 Å². The van der Waals surface area contributed by atoms with Crippen LogP contribution in [0.3, 0.4) is 0 Å². The standard InChI is InChI=1S/C16H23BrN4/c1-5-11(2)13(12-9-7-6-8-10-12)14(18-3)15-16(17)19-20-21(15)4/h6-11,13-14,18H,5H2,1-4H3. The van der Waals surface area contributed by atoms with Gasteiger partial charge in [-0.2, -0.15) is 0 Å². The van der Waals surface area contributed by atoms with E-state index in [2.05, 4.69) is 75.7 Å². The number of rotatable bonds is 6. The molecule has 0 bridgehead atoms. The van der Waals surface area contributed by atoms with Crippen LogP contribution in [0.25, 0.3) is 0 Å². The third-order valence-corrected chi connectivity index (χ3v) is 4.80. The highest BCUT2D eigenvalue weighted by molar-refractivity contribution is 9.10. The van der Waals surface area contributed by atoms with Crippen molar-refractivity contribution in [3.05, 3.63) is 46.2 Å². The molecule has 0 radical (unpaired) electrons. The first kappa shape index (κ1) is 16.2. The van der Waals surface area contributed by atoms with E-state index in [1.165, 1.54) is 5.56 Å². The van der Waals surface area contributed by atoms with Crippen molar-refractivity contribution in [3.63, 3.8) is 0 Å². The summed E-state index contributed by atoms with van der Waals surface area (Å²) in [5, 5.41) is 11.7. The Labute approximate surface area is 135 Å². The van der Waals surface area contributed by atoms with E-state index in [1.807, 2.05) is 18.8 Å². The van der Waals surface area contributed by atoms with E-state index < -0.39 is 0 Å². The molecule has 0 saturated carbocycles. The Balaban J connectivity index is 2.48. The van der Waals surface area contributed by atoms with Gasteiger partial charge >= 0.3 is 0 Å². The van der Waals surface area contributed by atoms with Crippen LogP contribution in [0.1, 0.15) is 43.5 Å². The molecule has 0 amide bonds. The van der Waals surface area contributed by atoms with Gasteiger partial charge in [0.05, 0.1) is 11.7 Å². The Kier molecular flexibility index (Phi) is 5.53. The van der Waals surface area contributed by atoms with Crippen molar-refractivity contribution in [2.45, 2.75) is 32.2 Å². The predicted octanol–water partition coefficient (Wildman–Crippen LogP) is 3.67. The molecule has 0 saturated heterocycles. The quantitative estimate of drug-likeness (QED) is 0.864. The molecule has 0 spiro atoms. The van der Waals surface area contributed by atoms with Crippen LogP contribution in [0.2, 0.25) is 0 Å². The van der Waals surface area contributed by atoms with Crippen LogP contribution >= 0.6 is 15.9 Å². The monoisotopic (exact) mass is 350 g/mol. The largest absolute Gasteiger partial charge is 0.311 e. The van der Waals surface area contributed by atoms with E-state index in [9.17, 15) is 0 Å². The summed E-state index contributed by atoms with van der Waals surface area (Å²) in [5.41, 5.74) is 2.44. The number of aryl methyl sites for hydroxylation is 1. The summed E-state index contributed by atoms with van der Waals surface area (Å²) in [5.74, 6) is 0.918. The first-order chi connectivity index (χ1) is 10.1. The molecule has 4 nitrogen and oxygen atoms in total. The molecule has 1 aromatic heterocycles. The summed E-state index contributed by atoms with van der Waals surface area (Å²) in [4.78, 5) is 0. The van der Waals surface area contributed by atoms with Gasteiger partial charge in [0, 0.05) is 13.0 Å². The van der Waals surface area contributed by atoms with Gasteiger partial charge in [-0.25, -0.2) is 4.68 Å². The maximum absolute atomic E-state index is 4.14. The minimum absolute atomic E-state index is 0.164. The van der Waals surface area contributed by atoms with Gasteiger partial charge in [-0.15, -0.1) is 5.10 Å². The number of hydrogen-bond acceptors (Lipinski definition) is 3. The molecule has 1 N–H and O–H groups in total. The Morgan fingerprint density at radius 3 is 2.43 bits per heavy atom. The van der Waals surface area contributed by atoms with Crippen LogP contribution in [-0.4, -0.2) is 22.0 Å². The van der Waals surface area contributed by atoms with E-state index in [4.69, 9.17) is 0 Å². The minimum atomic E-state index is 0.164. The molecule has 3 atom stereocenters. The molecule has 0 aliphatic rings. The van der Waals surface area contributed by atoms with Gasteiger partial charge in [0.25, 0.3) is 0 Å². The summed E-state index contributed by atoms with van der Waals surface area (Å²) >= 11 is 3.54. The SMILES string of the molecule is CCC(C)C(c1ccccc1)C(NC)c1c(Br)nnn1C. The normalized spacial score (nSPS) is 15.7. The smallest absolute Gasteiger partial charge is 0.153 e. The topological polar surface area (TPSA) is 42.7 Å². The summed E-state index contributed by atoms with van der Waals surface area (Å²) in [6.07, 6.45) is 1.13. The van der Waals surface area contributed by atoms with Crippen LogP contribution in [0.5, 0.6) is 0 Å². The molecule has 0 fully saturated rings. The van der Waals surface area contributed by atoms with E-state index in [0.717, 1.165) is 16.7 Å². The van der Waals surface area contributed by atoms with E-state index in [1.54, 1.807) is 0 Å². The van der Waals surface area contributed by atoms with Gasteiger partial charge in [0.15, 0.2) is 4.60 Å². The Morgan fingerprint density at radius 1 is 1.29 bits per heavy atom. The minimum Gasteiger partial charge on any atom is -0.311 e. The van der Waals surface area contributed by atoms with Crippen molar-refractivity contribution < 1.29 is 0 Å². The molecule has 114 valence electrons. The third kappa shape index (κ3) is 3.35. The summed E-state index contributed by atoms with van der Waals surface area (Å²) in [6.45, 7) is 4.55. The van der Waals surface area contributed by atoms with Crippen LogP contribution in [0.15, 0.2) is 34.9 Å². The van der Waals surface area contributed by atoms with Crippen molar-refractivity contribution in [1.29, 1.82) is 0 Å². The van der Waals surface area contributed by atoms with Crippen molar-refractivity contribution in [2.24, 2.45) is 13.0 Å². The lowest BCUT2D eigenvalue weighted by molar-refractivity contribution is 0.341. The predicted molar refractivity (Wildman–Crippen MR) is 89.1 cm³/mol. The molecule has 3 unspecified atom stereocenters. The fourth-order valence-electron chi connectivity index (χ4n) is 2.93. The van der Waals surface area contributed by atoms with Crippen molar-refractivity contribution in [3.8, 4) is 0 Å². The molecular weight excluding hydrogens is 328 g/mol. The third-order valence-electron chi connectivity index (χ3n) is 4.23. The van der Waals surface area contributed by atoms with Crippen LogP contribution < -0.4 is 5.32 Å². The Morgan fingerprint density at radius 2 is 1.95 bits per heavy atom. The Bertz CT molecular complexity index is 547. The second kappa shape index (κ2) is 7.18. The average Bonchev–Trinajstić information content (AvgIpc) is 2.84. The fourth-order valence-corrected chi connectivity index (χ4v) is 3.51. The van der Waals surface area contributed by atoms with Gasteiger partial charge in [-0.05, 0) is 34.5 Å². The number of halogens is 1. The maximum Gasteiger partial charge on any atom is 0.153 e. The number of likely N-dealkylation sites (N-methyl/N-ethyl adjacent to an activating group) is 1. The number of nitrogens with one attached hydrogen (secondary N) is 1. The molecule has 0 aliphatic heterocycles. The molecule has 0 aliphatic carbocycles. The summed E-state index contributed by atoms with van der Waals surface area (Å²) in [6, 6.07) is 10.9. The van der Waals surface area contributed by atoms with E-state index in [0.29, 0.717) is 11.8 Å². The second-order valence-electron chi connectivity index (χ2n) is 5.48. The van der Waals surface area contributed by atoms with Gasteiger partial charge in [-0.1, -0.05) is 55.8 Å². The maximum atomic E-state index is 4.14. The molecule has 1 heterocycles. The zero-order valence-electron chi connectivity index (χ0n) is 13.0. The lowest BCUT2D eigenvalue weighted by Crippen LogP contribution is -2.30. The van der Waals surface area contributed by atoms with Gasteiger partial charge in [0.1, 0.15) is 0 Å². The lowest BCUT2D eigenvalue weighted by Gasteiger charge is -2.32. The average molecular weight is 351 g/mol. The van der Waals surface area contributed by atoms with Gasteiger partial charge < -0.3 is 5.32 Å². The van der Waals surface area contributed by atoms with E-state index >= 15 is 0 Å².